The van der Waals surface area contributed by atoms with Crippen LogP contribution < -0.4 is 0 Å². The SMILES string of the molecule is OC1=CC=CC(C(F)(F)F)C1. The van der Waals surface area contributed by atoms with Gasteiger partial charge < -0.3 is 5.11 Å². The lowest BCUT2D eigenvalue weighted by atomic mass is 9.99. The van der Waals surface area contributed by atoms with Gasteiger partial charge in [0.15, 0.2) is 0 Å². The summed E-state index contributed by atoms with van der Waals surface area (Å²) in [6.45, 7) is 0. The fourth-order valence-corrected chi connectivity index (χ4v) is 0.887. The number of allylic oxidation sites excluding steroid dienone is 4. The van der Waals surface area contributed by atoms with Crippen molar-refractivity contribution in [2.24, 2.45) is 5.92 Å². The van der Waals surface area contributed by atoms with E-state index >= 15 is 0 Å². The Morgan fingerprint density at radius 1 is 1.45 bits per heavy atom. The molecule has 0 aromatic carbocycles. The van der Waals surface area contributed by atoms with Gasteiger partial charge >= 0.3 is 6.18 Å². The van der Waals surface area contributed by atoms with Gasteiger partial charge in [-0.1, -0.05) is 12.2 Å². The van der Waals surface area contributed by atoms with E-state index in [1.165, 1.54) is 12.2 Å². The van der Waals surface area contributed by atoms with Crippen LogP contribution in [0.1, 0.15) is 6.42 Å². The lowest BCUT2D eigenvalue weighted by Crippen LogP contribution is -2.22. The van der Waals surface area contributed by atoms with Crippen molar-refractivity contribution in [2.75, 3.05) is 0 Å². The fourth-order valence-electron chi connectivity index (χ4n) is 0.887. The molecule has 0 fully saturated rings. The van der Waals surface area contributed by atoms with Gasteiger partial charge in [-0.25, -0.2) is 0 Å². The number of hydrogen-bond donors (Lipinski definition) is 1. The standard InChI is InChI=1S/C7H7F3O/c8-7(9,10)5-2-1-3-6(11)4-5/h1-3,5,11H,4H2. The Morgan fingerprint density at radius 2 is 2.09 bits per heavy atom. The minimum absolute atomic E-state index is 0.213. The molecule has 0 spiro atoms. The highest BCUT2D eigenvalue weighted by molar-refractivity contribution is 5.15. The Kier molecular flexibility index (Phi) is 1.93. The molecule has 0 aromatic rings. The third-order valence-electron chi connectivity index (χ3n) is 1.48. The van der Waals surface area contributed by atoms with Crippen LogP contribution in [0.5, 0.6) is 0 Å². The van der Waals surface area contributed by atoms with Gasteiger partial charge in [-0.05, 0) is 6.08 Å². The molecule has 1 nitrogen and oxygen atoms in total. The first kappa shape index (κ1) is 8.17. The summed E-state index contributed by atoms with van der Waals surface area (Å²) in [5, 5.41) is 8.75. The number of hydrogen-bond acceptors (Lipinski definition) is 1. The zero-order chi connectivity index (χ0) is 8.48. The van der Waals surface area contributed by atoms with E-state index in [0.717, 1.165) is 6.08 Å². The van der Waals surface area contributed by atoms with Gasteiger partial charge in [-0.15, -0.1) is 0 Å². The highest BCUT2D eigenvalue weighted by Gasteiger charge is 2.38. The van der Waals surface area contributed by atoms with E-state index in [4.69, 9.17) is 5.11 Å². The maximum atomic E-state index is 11.9. The molecule has 0 heterocycles. The largest absolute Gasteiger partial charge is 0.512 e. The quantitative estimate of drug-likeness (QED) is 0.583. The number of aliphatic hydroxyl groups excluding tert-OH is 1. The fraction of sp³-hybridized carbons (Fsp3) is 0.429. The smallest absolute Gasteiger partial charge is 0.395 e. The second kappa shape index (κ2) is 2.60. The average Bonchev–Trinajstić information content (AvgIpc) is 1.86. The minimum atomic E-state index is -4.24. The topological polar surface area (TPSA) is 20.2 Å². The maximum absolute atomic E-state index is 11.9. The van der Waals surface area contributed by atoms with Crippen molar-refractivity contribution in [1.29, 1.82) is 0 Å². The Balaban J connectivity index is 2.67. The summed E-state index contributed by atoms with van der Waals surface area (Å²) in [6.07, 6.45) is -1.04. The molecule has 1 atom stereocenters. The van der Waals surface area contributed by atoms with Gasteiger partial charge in [-0.2, -0.15) is 13.2 Å². The van der Waals surface area contributed by atoms with Crippen LogP contribution in [-0.2, 0) is 0 Å². The van der Waals surface area contributed by atoms with Crippen molar-refractivity contribution in [1.82, 2.24) is 0 Å². The first-order chi connectivity index (χ1) is 5.00. The summed E-state index contributed by atoms with van der Waals surface area (Å²) < 4.78 is 35.8. The number of aliphatic hydroxyl groups is 1. The monoisotopic (exact) mass is 164 g/mol. The van der Waals surface area contributed by atoms with E-state index in [-0.39, 0.29) is 12.2 Å². The summed E-state index contributed by atoms with van der Waals surface area (Å²) in [5.74, 6) is -1.73. The molecule has 4 heteroatoms. The van der Waals surface area contributed by atoms with Gasteiger partial charge in [0.1, 0.15) is 0 Å². The third kappa shape index (κ3) is 2.00. The van der Waals surface area contributed by atoms with Crippen LogP contribution >= 0.6 is 0 Å². The van der Waals surface area contributed by atoms with Crippen LogP contribution in [0.2, 0.25) is 0 Å². The second-order valence-corrected chi connectivity index (χ2v) is 2.40. The van der Waals surface area contributed by atoms with Crippen molar-refractivity contribution in [2.45, 2.75) is 12.6 Å². The van der Waals surface area contributed by atoms with E-state index in [1.54, 1.807) is 0 Å². The van der Waals surface area contributed by atoms with Crippen molar-refractivity contribution in [3.63, 3.8) is 0 Å². The molecule has 1 aliphatic rings. The van der Waals surface area contributed by atoms with Gasteiger partial charge in [0.05, 0.1) is 11.7 Å². The molecule has 1 rings (SSSR count). The van der Waals surface area contributed by atoms with E-state index in [9.17, 15) is 13.2 Å². The molecule has 11 heavy (non-hydrogen) atoms. The van der Waals surface area contributed by atoms with Crippen LogP contribution in [-0.4, -0.2) is 11.3 Å². The van der Waals surface area contributed by atoms with Crippen molar-refractivity contribution < 1.29 is 18.3 Å². The summed E-state index contributed by atoms with van der Waals surface area (Å²) in [6, 6.07) is 0. The van der Waals surface area contributed by atoms with Crippen LogP contribution in [0.4, 0.5) is 13.2 Å². The Hall–Kier alpha value is -0.930. The molecule has 62 valence electrons. The molecule has 0 saturated carbocycles. The predicted octanol–water partition coefficient (Wildman–Crippen LogP) is 2.57. The Labute approximate surface area is 61.8 Å². The Morgan fingerprint density at radius 3 is 2.45 bits per heavy atom. The van der Waals surface area contributed by atoms with Crippen LogP contribution in [0.25, 0.3) is 0 Å². The summed E-state index contributed by atoms with van der Waals surface area (Å²) in [7, 11) is 0. The lowest BCUT2D eigenvalue weighted by Gasteiger charge is -2.17. The van der Waals surface area contributed by atoms with Gasteiger partial charge in [0.25, 0.3) is 0 Å². The van der Waals surface area contributed by atoms with E-state index in [2.05, 4.69) is 0 Å². The molecule has 0 bridgehead atoms. The third-order valence-corrected chi connectivity index (χ3v) is 1.48. The normalized spacial score (nSPS) is 25.0. The molecule has 0 radical (unpaired) electrons. The molecule has 0 amide bonds. The van der Waals surface area contributed by atoms with Crippen LogP contribution in [0.3, 0.4) is 0 Å². The highest BCUT2D eigenvalue weighted by atomic mass is 19.4. The molecule has 0 aromatic heterocycles. The first-order valence-corrected chi connectivity index (χ1v) is 3.13. The van der Waals surface area contributed by atoms with Crippen molar-refractivity contribution >= 4 is 0 Å². The summed E-state index contributed by atoms with van der Waals surface area (Å²) >= 11 is 0. The molecule has 0 aliphatic heterocycles. The van der Waals surface area contributed by atoms with E-state index in [1.807, 2.05) is 0 Å². The average molecular weight is 164 g/mol. The Bertz CT molecular complexity index is 202. The zero-order valence-corrected chi connectivity index (χ0v) is 5.60. The van der Waals surface area contributed by atoms with Crippen molar-refractivity contribution in [3.05, 3.63) is 24.0 Å². The summed E-state index contributed by atoms with van der Waals surface area (Å²) in [5.41, 5.74) is 0. The molecule has 1 N–H and O–H groups in total. The molecular formula is C7H7F3O. The van der Waals surface area contributed by atoms with Crippen LogP contribution in [0.15, 0.2) is 24.0 Å². The minimum Gasteiger partial charge on any atom is -0.512 e. The zero-order valence-electron chi connectivity index (χ0n) is 5.60. The van der Waals surface area contributed by atoms with Gasteiger partial charge in [0.2, 0.25) is 0 Å². The second-order valence-electron chi connectivity index (χ2n) is 2.40. The van der Waals surface area contributed by atoms with E-state index < -0.39 is 12.1 Å². The number of alkyl halides is 3. The highest BCUT2D eigenvalue weighted by Crippen LogP contribution is 2.33. The molecular weight excluding hydrogens is 157 g/mol. The van der Waals surface area contributed by atoms with Crippen molar-refractivity contribution in [3.8, 4) is 0 Å². The number of rotatable bonds is 0. The first-order valence-electron chi connectivity index (χ1n) is 3.13. The van der Waals surface area contributed by atoms with E-state index in [0.29, 0.717) is 0 Å². The molecule has 1 aliphatic carbocycles. The van der Waals surface area contributed by atoms with Crippen LogP contribution in [0, 0.1) is 5.92 Å². The molecule has 1 unspecified atom stereocenters. The van der Waals surface area contributed by atoms with Gasteiger partial charge in [0, 0.05) is 6.42 Å². The predicted molar refractivity (Wildman–Crippen MR) is 34.0 cm³/mol. The summed E-state index contributed by atoms with van der Waals surface area (Å²) in [4.78, 5) is 0. The molecule has 0 saturated heterocycles. The number of halogens is 3. The lowest BCUT2D eigenvalue weighted by molar-refractivity contribution is -0.162. The van der Waals surface area contributed by atoms with Gasteiger partial charge in [-0.3, -0.25) is 0 Å². The maximum Gasteiger partial charge on any atom is 0.395 e.